The molecule has 0 aromatic carbocycles. The van der Waals surface area contributed by atoms with Crippen LogP contribution in [0.3, 0.4) is 0 Å². The minimum Gasteiger partial charge on any atom is -0.368 e. The van der Waals surface area contributed by atoms with Gasteiger partial charge in [0.05, 0.1) is 0 Å². The fraction of sp³-hybridized carbons (Fsp3) is 0.600. The van der Waals surface area contributed by atoms with Gasteiger partial charge < -0.3 is 5.73 Å². The number of hydrogen-bond acceptors (Lipinski definition) is 4. The molecule has 1 aliphatic carbocycles. The number of rotatable bonds is 3. The standard InChI is InChI=1S/C10H13F3N4/c1-17(7-2-3-7)5-6-4-15-9(14)16-8(6)10(11,12)13/h4,7H,2-3,5H2,1H3,(H2,14,15,16). The van der Waals surface area contributed by atoms with E-state index in [0.717, 1.165) is 19.0 Å². The Morgan fingerprint density at radius 3 is 2.65 bits per heavy atom. The largest absolute Gasteiger partial charge is 0.433 e. The second kappa shape index (κ2) is 4.14. The molecular formula is C10H13F3N4. The van der Waals surface area contributed by atoms with E-state index in [1.807, 2.05) is 4.90 Å². The average Bonchev–Trinajstić information content (AvgIpc) is 3.02. The van der Waals surface area contributed by atoms with E-state index < -0.39 is 11.9 Å². The maximum absolute atomic E-state index is 12.7. The molecule has 1 aromatic heterocycles. The lowest BCUT2D eigenvalue weighted by Gasteiger charge is -2.18. The van der Waals surface area contributed by atoms with Gasteiger partial charge in [0.2, 0.25) is 5.95 Å². The van der Waals surface area contributed by atoms with Gasteiger partial charge in [0.15, 0.2) is 5.69 Å². The first-order valence-corrected chi connectivity index (χ1v) is 5.27. The Morgan fingerprint density at radius 2 is 2.12 bits per heavy atom. The summed E-state index contributed by atoms with van der Waals surface area (Å²) in [4.78, 5) is 8.80. The number of nitrogens with zero attached hydrogens (tertiary/aromatic N) is 3. The highest BCUT2D eigenvalue weighted by atomic mass is 19.4. The first-order valence-electron chi connectivity index (χ1n) is 5.27. The second-order valence-corrected chi connectivity index (χ2v) is 4.25. The molecule has 0 amide bonds. The van der Waals surface area contributed by atoms with Crippen LogP contribution < -0.4 is 5.73 Å². The molecular weight excluding hydrogens is 233 g/mol. The first kappa shape index (κ1) is 12.1. The molecule has 2 N–H and O–H groups in total. The SMILES string of the molecule is CN(Cc1cnc(N)nc1C(F)(F)F)C1CC1. The summed E-state index contributed by atoms with van der Waals surface area (Å²) in [5, 5.41) is 0. The van der Waals surface area contributed by atoms with E-state index in [9.17, 15) is 13.2 Å². The summed E-state index contributed by atoms with van der Waals surface area (Å²) in [7, 11) is 1.80. The van der Waals surface area contributed by atoms with Gasteiger partial charge in [-0.05, 0) is 19.9 Å². The van der Waals surface area contributed by atoms with Crippen LogP contribution in [0.1, 0.15) is 24.1 Å². The van der Waals surface area contributed by atoms with Crippen LogP contribution >= 0.6 is 0 Å². The minimum absolute atomic E-state index is 0.0705. The van der Waals surface area contributed by atoms with Crippen LogP contribution in [0.4, 0.5) is 19.1 Å². The molecule has 4 nitrogen and oxygen atoms in total. The quantitative estimate of drug-likeness (QED) is 0.881. The lowest BCUT2D eigenvalue weighted by molar-refractivity contribution is -0.142. The Morgan fingerprint density at radius 1 is 1.47 bits per heavy atom. The van der Waals surface area contributed by atoms with Crippen LogP contribution in [0.5, 0.6) is 0 Å². The molecule has 0 atom stereocenters. The van der Waals surface area contributed by atoms with Crippen molar-refractivity contribution >= 4 is 5.95 Å². The van der Waals surface area contributed by atoms with Gasteiger partial charge in [-0.25, -0.2) is 9.97 Å². The molecule has 2 rings (SSSR count). The predicted molar refractivity (Wildman–Crippen MR) is 55.9 cm³/mol. The van der Waals surface area contributed by atoms with Crippen molar-refractivity contribution in [2.75, 3.05) is 12.8 Å². The van der Waals surface area contributed by atoms with Crippen molar-refractivity contribution in [3.63, 3.8) is 0 Å². The van der Waals surface area contributed by atoms with Crippen molar-refractivity contribution in [2.24, 2.45) is 0 Å². The summed E-state index contributed by atoms with van der Waals surface area (Å²) in [5.41, 5.74) is 4.33. The smallest absolute Gasteiger partial charge is 0.368 e. The fourth-order valence-electron chi connectivity index (χ4n) is 1.69. The number of hydrogen-bond donors (Lipinski definition) is 1. The fourth-order valence-corrected chi connectivity index (χ4v) is 1.69. The molecule has 0 radical (unpaired) electrons. The predicted octanol–water partition coefficient (Wildman–Crippen LogP) is 1.67. The van der Waals surface area contributed by atoms with Crippen molar-refractivity contribution in [1.82, 2.24) is 14.9 Å². The van der Waals surface area contributed by atoms with Crippen LogP contribution in [0.25, 0.3) is 0 Å². The molecule has 0 aliphatic heterocycles. The molecule has 17 heavy (non-hydrogen) atoms. The molecule has 1 saturated carbocycles. The third-order valence-corrected chi connectivity index (χ3v) is 2.74. The van der Waals surface area contributed by atoms with Crippen molar-refractivity contribution in [1.29, 1.82) is 0 Å². The summed E-state index contributed by atoms with van der Waals surface area (Å²) >= 11 is 0. The van der Waals surface area contributed by atoms with Crippen LogP contribution in [0.15, 0.2) is 6.20 Å². The minimum atomic E-state index is -4.49. The highest BCUT2D eigenvalue weighted by molar-refractivity contribution is 5.27. The van der Waals surface area contributed by atoms with Crippen molar-refractivity contribution in [3.05, 3.63) is 17.5 Å². The molecule has 0 unspecified atom stereocenters. The van der Waals surface area contributed by atoms with Crippen molar-refractivity contribution in [3.8, 4) is 0 Å². The van der Waals surface area contributed by atoms with Crippen LogP contribution in [-0.2, 0) is 12.7 Å². The first-order chi connectivity index (χ1) is 7.88. The normalized spacial score (nSPS) is 16.5. The number of nitrogen functional groups attached to an aromatic ring is 1. The summed E-state index contributed by atoms with van der Waals surface area (Å²) in [6.45, 7) is 0.194. The molecule has 1 aliphatic rings. The molecule has 1 heterocycles. The van der Waals surface area contributed by atoms with Gasteiger partial charge in [0.1, 0.15) is 0 Å². The van der Waals surface area contributed by atoms with E-state index in [1.54, 1.807) is 7.05 Å². The number of nitrogens with two attached hydrogens (primary N) is 1. The molecule has 0 spiro atoms. The zero-order valence-corrected chi connectivity index (χ0v) is 9.33. The third kappa shape index (κ3) is 2.85. The maximum atomic E-state index is 12.7. The van der Waals surface area contributed by atoms with Crippen molar-refractivity contribution in [2.45, 2.75) is 31.6 Å². The molecule has 0 bridgehead atoms. The van der Waals surface area contributed by atoms with E-state index in [-0.39, 0.29) is 18.1 Å². The van der Waals surface area contributed by atoms with Gasteiger partial charge in [-0.3, -0.25) is 4.90 Å². The van der Waals surface area contributed by atoms with Gasteiger partial charge in [-0.1, -0.05) is 0 Å². The van der Waals surface area contributed by atoms with Gasteiger partial charge >= 0.3 is 6.18 Å². The Labute approximate surface area is 96.7 Å². The maximum Gasteiger partial charge on any atom is 0.433 e. The lowest BCUT2D eigenvalue weighted by Crippen LogP contribution is -2.23. The van der Waals surface area contributed by atoms with E-state index >= 15 is 0 Å². The summed E-state index contributed by atoms with van der Waals surface area (Å²) in [5.74, 6) is -0.352. The topological polar surface area (TPSA) is 55.0 Å². The summed E-state index contributed by atoms with van der Waals surface area (Å²) in [6.07, 6.45) is -1.26. The van der Waals surface area contributed by atoms with Gasteiger partial charge in [0, 0.05) is 24.3 Å². The van der Waals surface area contributed by atoms with Gasteiger partial charge in [-0.15, -0.1) is 0 Å². The van der Waals surface area contributed by atoms with Gasteiger partial charge in [-0.2, -0.15) is 13.2 Å². The summed E-state index contributed by atoms with van der Waals surface area (Å²) in [6, 6.07) is 0.383. The molecule has 1 aromatic rings. The van der Waals surface area contributed by atoms with Gasteiger partial charge in [0.25, 0.3) is 0 Å². The number of aromatic nitrogens is 2. The third-order valence-electron chi connectivity index (χ3n) is 2.74. The van der Waals surface area contributed by atoms with E-state index in [4.69, 9.17) is 5.73 Å². The molecule has 7 heteroatoms. The van der Waals surface area contributed by atoms with E-state index in [1.165, 1.54) is 0 Å². The summed E-state index contributed by atoms with van der Waals surface area (Å²) < 4.78 is 38.2. The highest BCUT2D eigenvalue weighted by Crippen LogP contribution is 2.33. The number of halogens is 3. The molecule has 1 fully saturated rings. The zero-order chi connectivity index (χ0) is 12.6. The Balaban J connectivity index is 2.25. The van der Waals surface area contributed by atoms with Crippen LogP contribution in [0, 0.1) is 0 Å². The monoisotopic (exact) mass is 246 g/mol. The van der Waals surface area contributed by atoms with Crippen LogP contribution in [0.2, 0.25) is 0 Å². The zero-order valence-electron chi connectivity index (χ0n) is 9.33. The highest BCUT2D eigenvalue weighted by Gasteiger charge is 2.37. The average molecular weight is 246 g/mol. The van der Waals surface area contributed by atoms with Crippen molar-refractivity contribution < 1.29 is 13.2 Å². The number of alkyl halides is 3. The van der Waals surface area contributed by atoms with E-state index in [2.05, 4.69) is 9.97 Å². The Kier molecular flexibility index (Phi) is 2.94. The molecule has 94 valence electrons. The lowest BCUT2D eigenvalue weighted by atomic mass is 10.2. The van der Waals surface area contributed by atoms with E-state index in [0.29, 0.717) is 6.04 Å². The molecule has 0 saturated heterocycles. The Bertz CT molecular complexity index is 415. The number of anilines is 1. The second-order valence-electron chi connectivity index (χ2n) is 4.25. The van der Waals surface area contributed by atoms with Crippen LogP contribution in [-0.4, -0.2) is 28.0 Å². The Hall–Kier alpha value is -1.37.